The first-order chi connectivity index (χ1) is 4.49. The van der Waals surface area contributed by atoms with Gasteiger partial charge in [-0.2, -0.15) is 13.2 Å². The maximum absolute atomic E-state index is 11.6. The Morgan fingerprint density at radius 3 is 2.00 bits per heavy atom. The van der Waals surface area contributed by atoms with Crippen LogP contribution in [0.2, 0.25) is 0 Å². The molecule has 0 aliphatic carbocycles. The molecule has 0 aromatic heterocycles. The SMILES string of the molecule is CC[C@H](CO)CC(F)(F)F. The van der Waals surface area contributed by atoms with Gasteiger partial charge in [-0.15, -0.1) is 0 Å². The van der Waals surface area contributed by atoms with Gasteiger partial charge in [-0.1, -0.05) is 13.3 Å². The first kappa shape index (κ1) is 9.75. The van der Waals surface area contributed by atoms with Crippen molar-refractivity contribution in [3.63, 3.8) is 0 Å². The third kappa shape index (κ3) is 4.61. The second-order valence-electron chi connectivity index (χ2n) is 2.28. The molecule has 10 heavy (non-hydrogen) atoms. The Hall–Kier alpha value is -0.250. The summed E-state index contributed by atoms with van der Waals surface area (Å²) in [5.74, 6) is -0.625. The lowest BCUT2D eigenvalue weighted by atomic mass is 10.0. The van der Waals surface area contributed by atoms with Gasteiger partial charge in [0.1, 0.15) is 0 Å². The Balaban J connectivity index is 3.63. The molecule has 0 spiro atoms. The first-order valence-electron chi connectivity index (χ1n) is 3.17. The van der Waals surface area contributed by atoms with Crippen LogP contribution in [-0.2, 0) is 0 Å². The highest BCUT2D eigenvalue weighted by molar-refractivity contribution is 4.60. The Morgan fingerprint density at radius 2 is 1.90 bits per heavy atom. The van der Waals surface area contributed by atoms with Crippen LogP contribution < -0.4 is 0 Å². The highest BCUT2D eigenvalue weighted by Crippen LogP contribution is 2.25. The van der Waals surface area contributed by atoms with Crippen molar-refractivity contribution in [3.8, 4) is 0 Å². The molecule has 1 nitrogen and oxygen atoms in total. The maximum Gasteiger partial charge on any atom is 0.389 e. The third-order valence-corrected chi connectivity index (χ3v) is 1.36. The summed E-state index contributed by atoms with van der Waals surface area (Å²) in [4.78, 5) is 0. The molecule has 0 bridgehead atoms. The summed E-state index contributed by atoms with van der Waals surface area (Å²) in [7, 11) is 0. The fourth-order valence-electron chi connectivity index (χ4n) is 0.665. The van der Waals surface area contributed by atoms with E-state index in [1.54, 1.807) is 6.92 Å². The third-order valence-electron chi connectivity index (χ3n) is 1.36. The van der Waals surface area contributed by atoms with Gasteiger partial charge in [0.15, 0.2) is 0 Å². The largest absolute Gasteiger partial charge is 0.396 e. The van der Waals surface area contributed by atoms with Crippen molar-refractivity contribution in [2.45, 2.75) is 25.9 Å². The summed E-state index contributed by atoms with van der Waals surface area (Å²) in [6, 6.07) is 0. The molecule has 1 atom stereocenters. The zero-order valence-electron chi connectivity index (χ0n) is 5.78. The van der Waals surface area contributed by atoms with Crippen molar-refractivity contribution in [1.82, 2.24) is 0 Å². The van der Waals surface area contributed by atoms with E-state index in [-0.39, 0.29) is 6.61 Å². The molecule has 0 aliphatic heterocycles. The van der Waals surface area contributed by atoms with Crippen LogP contribution in [0.25, 0.3) is 0 Å². The van der Waals surface area contributed by atoms with E-state index in [9.17, 15) is 13.2 Å². The second kappa shape index (κ2) is 3.81. The summed E-state index contributed by atoms with van der Waals surface area (Å²) in [5.41, 5.74) is 0. The van der Waals surface area contributed by atoms with Gasteiger partial charge in [-0.3, -0.25) is 0 Å². The minimum atomic E-state index is -4.14. The van der Waals surface area contributed by atoms with E-state index < -0.39 is 18.5 Å². The summed E-state index contributed by atoms with van der Waals surface area (Å²) in [6.07, 6.45) is -4.64. The predicted octanol–water partition coefficient (Wildman–Crippen LogP) is 1.96. The minimum Gasteiger partial charge on any atom is -0.396 e. The molecule has 0 radical (unpaired) electrons. The monoisotopic (exact) mass is 156 g/mol. The number of aliphatic hydroxyl groups excluding tert-OH is 1. The fourth-order valence-corrected chi connectivity index (χ4v) is 0.665. The molecule has 0 unspecified atom stereocenters. The van der Waals surface area contributed by atoms with E-state index >= 15 is 0 Å². The fraction of sp³-hybridized carbons (Fsp3) is 1.00. The molecule has 0 aromatic carbocycles. The summed E-state index contributed by atoms with van der Waals surface area (Å²) >= 11 is 0. The average molecular weight is 156 g/mol. The zero-order valence-corrected chi connectivity index (χ0v) is 5.78. The highest BCUT2D eigenvalue weighted by atomic mass is 19.4. The molecule has 0 heterocycles. The lowest BCUT2D eigenvalue weighted by Crippen LogP contribution is -2.17. The summed E-state index contributed by atoms with van der Waals surface area (Å²) in [6.45, 7) is 1.25. The lowest BCUT2D eigenvalue weighted by Gasteiger charge is -2.13. The van der Waals surface area contributed by atoms with Crippen LogP contribution in [0.1, 0.15) is 19.8 Å². The normalized spacial score (nSPS) is 15.3. The van der Waals surface area contributed by atoms with Crippen molar-refractivity contribution < 1.29 is 18.3 Å². The van der Waals surface area contributed by atoms with Crippen molar-refractivity contribution in [3.05, 3.63) is 0 Å². The van der Waals surface area contributed by atoms with E-state index in [0.29, 0.717) is 6.42 Å². The summed E-state index contributed by atoms with van der Waals surface area (Å²) < 4.78 is 34.7. The van der Waals surface area contributed by atoms with Gasteiger partial charge in [0.25, 0.3) is 0 Å². The van der Waals surface area contributed by atoms with Gasteiger partial charge in [-0.05, 0) is 5.92 Å². The van der Waals surface area contributed by atoms with Crippen molar-refractivity contribution >= 4 is 0 Å². The van der Waals surface area contributed by atoms with Crippen molar-refractivity contribution in [2.75, 3.05) is 6.61 Å². The smallest absolute Gasteiger partial charge is 0.389 e. The van der Waals surface area contributed by atoms with Gasteiger partial charge in [-0.25, -0.2) is 0 Å². The molecule has 0 aromatic rings. The molecule has 4 heteroatoms. The van der Waals surface area contributed by atoms with Crippen LogP contribution in [-0.4, -0.2) is 17.9 Å². The zero-order chi connectivity index (χ0) is 8.20. The minimum absolute atomic E-state index is 0.371. The number of halogens is 3. The van der Waals surface area contributed by atoms with Crippen molar-refractivity contribution in [2.24, 2.45) is 5.92 Å². The number of hydrogen-bond acceptors (Lipinski definition) is 1. The van der Waals surface area contributed by atoms with Crippen molar-refractivity contribution in [1.29, 1.82) is 0 Å². The maximum atomic E-state index is 11.6. The molecule has 0 rings (SSSR count). The van der Waals surface area contributed by atoms with Crippen LogP contribution in [0.15, 0.2) is 0 Å². The van der Waals surface area contributed by atoms with Gasteiger partial charge in [0.05, 0.1) is 0 Å². The quantitative estimate of drug-likeness (QED) is 0.662. The van der Waals surface area contributed by atoms with E-state index in [1.165, 1.54) is 0 Å². The van der Waals surface area contributed by atoms with Crippen LogP contribution in [0, 0.1) is 5.92 Å². The van der Waals surface area contributed by atoms with Crippen LogP contribution >= 0.6 is 0 Å². The molecule has 1 N–H and O–H groups in total. The summed E-state index contributed by atoms with van der Waals surface area (Å²) in [5, 5.41) is 8.39. The topological polar surface area (TPSA) is 20.2 Å². The molecule has 0 amide bonds. The molecular formula is C6H11F3O. The Kier molecular flexibility index (Phi) is 3.71. The number of aliphatic hydroxyl groups is 1. The highest BCUT2D eigenvalue weighted by Gasteiger charge is 2.30. The van der Waals surface area contributed by atoms with Gasteiger partial charge in [0, 0.05) is 13.0 Å². The number of hydrogen-bond donors (Lipinski definition) is 1. The van der Waals surface area contributed by atoms with Gasteiger partial charge < -0.3 is 5.11 Å². The molecule has 0 saturated heterocycles. The number of rotatable bonds is 3. The molecule has 62 valence electrons. The van der Waals surface area contributed by atoms with E-state index in [0.717, 1.165) is 0 Å². The average Bonchev–Trinajstić information content (AvgIpc) is 1.81. The van der Waals surface area contributed by atoms with Crippen LogP contribution in [0.3, 0.4) is 0 Å². The van der Waals surface area contributed by atoms with E-state index in [1.807, 2.05) is 0 Å². The van der Waals surface area contributed by atoms with Gasteiger partial charge in [0.2, 0.25) is 0 Å². The Labute approximate surface area is 57.9 Å². The second-order valence-corrected chi connectivity index (χ2v) is 2.28. The standard InChI is InChI=1S/C6H11F3O/c1-2-5(4-10)3-6(7,8)9/h5,10H,2-4H2,1H3/t5-/m0/s1. The van der Waals surface area contributed by atoms with Gasteiger partial charge >= 0.3 is 6.18 Å². The lowest BCUT2D eigenvalue weighted by molar-refractivity contribution is -0.147. The molecule has 0 aliphatic rings. The van der Waals surface area contributed by atoms with Crippen LogP contribution in [0.5, 0.6) is 0 Å². The Morgan fingerprint density at radius 1 is 1.40 bits per heavy atom. The molecular weight excluding hydrogens is 145 g/mol. The first-order valence-corrected chi connectivity index (χ1v) is 3.17. The molecule has 0 fully saturated rings. The number of alkyl halides is 3. The molecule has 0 saturated carbocycles. The van der Waals surface area contributed by atoms with Crippen LogP contribution in [0.4, 0.5) is 13.2 Å². The predicted molar refractivity (Wildman–Crippen MR) is 31.5 cm³/mol. The van der Waals surface area contributed by atoms with E-state index in [4.69, 9.17) is 5.11 Å². The van der Waals surface area contributed by atoms with E-state index in [2.05, 4.69) is 0 Å². The Bertz CT molecular complexity index is 85.5.